The first-order valence-electron chi connectivity index (χ1n) is 17.8. The molecule has 0 fully saturated rings. The second-order valence-electron chi connectivity index (χ2n) is 13.1. The normalized spacial score (nSPS) is 11.6. The van der Waals surface area contributed by atoms with Crippen LogP contribution in [-0.2, 0) is 51.9 Å². The van der Waals surface area contributed by atoms with Crippen LogP contribution in [0.3, 0.4) is 0 Å². The van der Waals surface area contributed by atoms with Crippen molar-refractivity contribution < 1.29 is 58.6 Å². The van der Waals surface area contributed by atoms with E-state index in [1.807, 2.05) is 0 Å². The summed E-state index contributed by atoms with van der Waals surface area (Å²) in [4.78, 5) is 21.0. The summed E-state index contributed by atoms with van der Waals surface area (Å²) in [5, 5.41) is 18.5. The number of hydrogen-bond acceptors (Lipinski definition) is 6. The lowest BCUT2D eigenvalue weighted by molar-refractivity contribution is -0.139. The third kappa shape index (κ3) is 11.8. The summed E-state index contributed by atoms with van der Waals surface area (Å²) in [5.41, 5.74) is 2.64. The summed E-state index contributed by atoms with van der Waals surface area (Å²) in [5.74, 6) is -4.04. The van der Waals surface area contributed by atoms with Crippen molar-refractivity contribution in [3.8, 4) is 0 Å². The highest BCUT2D eigenvalue weighted by atomic mass is 32.2. The Morgan fingerprint density at radius 2 is 0.933 bits per heavy atom. The molecule has 0 saturated heterocycles. The van der Waals surface area contributed by atoms with Crippen LogP contribution in [0.25, 0.3) is 0 Å². The summed E-state index contributed by atoms with van der Waals surface area (Å²) < 4.78 is 120. The Morgan fingerprint density at radius 1 is 0.517 bits per heavy atom. The predicted molar refractivity (Wildman–Crippen MR) is 214 cm³/mol. The van der Waals surface area contributed by atoms with Crippen LogP contribution >= 0.6 is 0 Å². The van der Waals surface area contributed by atoms with Gasteiger partial charge in [-0.3, -0.25) is 9.44 Å². The van der Waals surface area contributed by atoms with Gasteiger partial charge in [-0.25, -0.2) is 35.2 Å². The molecule has 0 heterocycles. The summed E-state index contributed by atoms with van der Waals surface area (Å²) >= 11 is 0. The Bertz CT molecular complexity index is 2710. The first-order chi connectivity index (χ1) is 28.3. The van der Waals surface area contributed by atoms with E-state index in [-0.39, 0.29) is 22.5 Å². The van der Waals surface area contributed by atoms with E-state index in [9.17, 15) is 58.6 Å². The number of rotatable bonds is 14. The lowest BCUT2D eigenvalue weighted by Gasteiger charge is -2.14. The van der Waals surface area contributed by atoms with Crippen molar-refractivity contribution >= 4 is 43.4 Å². The largest absolute Gasteiger partial charge is 0.478 e. The highest BCUT2D eigenvalue weighted by molar-refractivity contribution is 7.93. The van der Waals surface area contributed by atoms with Gasteiger partial charge in [0.1, 0.15) is 16.5 Å². The van der Waals surface area contributed by atoms with Crippen molar-refractivity contribution in [2.24, 2.45) is 0 Å². The van der Waals surface area contributed by atoms with E-state index in [0.717, 1.165) is 35.4 Å². The SMILES string of the molecule is O=C(O)c1ccccc1CCc1ccc(NS(=O)(=O)c2ccc(F)cc2F)cc1.O=C(O)c1ccccc1CCc1ccc(NS(=O)(=O)c2ccccc2C(F)(F)F)cc1. The number of carboxylic acids is 2. The number of benzene rings is 6. The molecule has 0 spiro atoms. The van der Waals surface area contributed by atoms with Gasteiger partial charge >= 0.3 is 18.1 Å². The van der Waals surface area contributed by atoms with Crippen LogP contribution in [0.15, 0.2) is 149 Å². The first kappa shape index (κ1) is 44.5. The van der Waals surface area contributed by atoms with E-state index >= 15 is 0 Å². The number of carbonyl (C=O) groups is 2. The zero-order chi connectivity index (χ0) is 43.7. The number of nitrogens with one attached hydrogen (secondary N) is 2. The molecule has 6 aromatic carbocycles. The highest BCUT2D eigenvalue weighted by Gasteiger charge is 2.37. The smallest absolute Gasteiger partial charge is 0.417 e. The number of aryl methyl sites for hydroxylation is 4. The van der Waals surface area contributed by atoms with Gasteiger partial charge in [-0.1, -0.05) is 72.8 Å². The molecule has 312 valence electrons. The molecule has 60 heavy (non-hydrogen) atoms. The number of aromatic carboxylic acids is 2. The number of alkyl halides is 3. The van der Waals surface area contributed by atoms with Gasteiger partial charge in [-0.2, -0.15) is 13.2 Å². The van der Waals surface area contributed by atoms with Crippen molar-refractivity contribution in [2.45, 2.75) is 41.7 Å². The van der Waals surface area contributed by atoms with Crippen LogP contribution in [0, 0.1) is 11.6 Å². The van der Waals surface area contributed by atoms with Gasteiger partial charge in [-0.05, 0) is 109 Å². The number of halogens is 5. The maximum absolute atomic E-state index is 13.8. The lowest BCUT2D eigenvalue weighted by atomic mass is 10.00. The van der Waals surface area contributed by atoms with Crippen molar-refractivity contribution in [3.05, 3.63) is 190 Å². The zero-order valence-corrected chi connectivity index (χ0v) is 32.8. The maximum Gasteiger partial charge on any atom is 0.417 e. The quantitative estimate of drug-likeness (QED) is 0.0787. The van der Waals surface area contributed by atoms with Crippen molar-refractivity contribution in [3.63, 3.8) is 0 Å². The minimum atomic E-state index is -4.80. The Kier molecular flexibility index (Phi) is 14.1. The summed E-state index contributed by atoms with van der Waals surface area (Å²) in [6.07, 6.45) is -2.76. The molecule has 0 aromatic heterocycles. The molecule has 0 amide bonds. The van der Waals surface area contributed by atoms with Crippen LogP contribution in [-0.4, -0.2) is 39.0 Å². The molecule has 0 unspecified atom stereocenters. The van der Waals surface area contributed by atoms with E-state index < -0.39 is 65.2 Å². The fourth-order valence-electron chi connectivity index (χ4n) is 5.98. The third-order valence-electron chi connectivity index (χ3n) is 8.94. The van der Waals surface area contributed by atoms with E-state index in [1.165, 1.54) is 36.4 Å². The standard InChI is InChI=1S/C22H18F3NO4S.C21H17F2NO4S/c23-22(24,25)19-7-3-4-8-20(19)31(29,30)26-17-13-10-15(11-14-17)9-12-16-5-1-2-6-18(16)21(27)28;22-16-9-12-20(19(23)13-16)29(27,28)24-17-10-6-14(7-11-17)5-8-15-3-1-2-4-18(15)21(25)26/h1-8,10-11,13-14,26H,9,12H2,(H,27,28);1-4,6-7,9-13,24H,5,8H2,(H,25,26). The van der Waals surface area contributed by atoms with Crippen molar-refractivity contribution in [1.29, 1.82) is 0 Å². The molecule has 0 bridgehead atoms. The van der Waals surface area contributed by atoms with Crippen LogP contribution in [0.2, 0.25) is 0 Å². The van der Waals surface area contributed by atoms with E-state index in [4.69, 9.17) is 0 Å². The Hall–Kier alpha value is -6.59. The number of carboxylic acid groups (broad SMARTS) is 2. The molecule has 6 aromatic rings. The molecule has 0 radical (unpaired) electrons. The molecule has 6 rings (SSSR count). The first-order valence-corrected chi connectivity index (χ1v) is 20.8. The van der Waals surface area contributed by atoms with E-state index in [1.54, 1.807) is 66.7 Å². The fourth-order valence-corrected chi connectivity index (χ4v) is 8.39. The number of anilines is 2. The Balaban J connectivity index is 0.000000228. The van der Waals surface area contributed by atoms with Gasteiger partial charge in [0.15, 0.2) is 0 Å². The molecular weight excluding hydrogens is 832 g/mol. The van der Waals surface area contributed by atoms with Gasteiger partial charge in [0.25, 0.3) is 20.0 Å². The summed E-state index contributed by atoms with van der Waals surface area (Å²) in [6.45, 7) is 0. The molecule has 0 aliphatic carbocycles. The van der Waals surface area contributed by atoms with Gasteiger partial charge < -0.3 is 10.2 Å². The van der Waals surface area contributed by atoms with Gasteiger partial charge in [0.2, 0.25) is 0 Å². The van der Waals surface area contributed by atoms with Gasteiger partial charge in [0.05, 0.1) is 21.6 Å². The highest BCUT2D eigenvalue weighted by Crippen LogP contribution is 2.34. The third-order valence-corrected chi connectivity index (χ3v) is 11.8. The van der Waals surface area contributed by atoms with Gasteiger partial charge in [-0.15, -0.1) is 0 Å². The second kappa shape index (κ2) is 19.0. The van der Waals surface area contributed by atoms with Crippen LogP contribution in [0.4, 0.5) is 33.3 Å². The Labute approximate surface area is 342 Å². The van der Waals surface area contributed by atoms with E-state index in [2.05, 4.69) is 9.44 Å². The van der Waals surface area contributed by atoms with Crippen LogP contribution < -0.4 is 9.44 Å². The van der Waals surface area contributed by atoms with Crippen molar-refractivity contribution in [2.75, 3.05) is 9.44 Å². The average molecular weight is 867 g/mol. The minimum Gasteiger partial charge on any atom is -0.478 e. The van der Waals surface area contributed by atoms with Crippen LogP contribution in [0.5, 0.6) is 0 Å². The second-order valence-corrected chi connectivity index (χ2v) is 16.4. The molecule has 0 atom stereocenters. The van der Waals surface area contributed by atoms with E-state index in [0.29, 0.717) is 48.9 Å². The molecule has 10 nitrogen and oxygen atoms in total. The molecule has 0 aliphatic heterocycles. The predicted octanol–water partition coefficient (Wildman–Crippen LogP) is 9.24. The minimum absolute atomic E-state index is 0.117. The topological polar surface area (TPSA) is 167 Å². The average Bonchev–Trinajstić information content (AvgIpc) is 3.20. The molecule has 4 N–H and O–H groups in total. The Morgan fingerprint density at radius 3 is 1.37 bits per heavy atom. The number of sulfonamides is 2. The summed E-state index contributed by atoms with van der Waals surface area (Å²) in [6, 6.07) is 32.2. The maximum atomic E-state index is 13.8. The van der Waals surface area contributed by atoms with Crippen molar-refractivity contribution in [1.82, 2.24) is 0 Å². The molecular formula is C43H35F5N2O8S2. The monoisotopic (exact) mass is 866 g/mol. The summed E-state index contributed by atoms with van der Waals surface area (Å²) in [7, 11) is -8.65. The number of hydrogen-bond donors (Lipinski definition) is 4. The zero-order valence-electron chi connectivity index (χ0n) is 31.2. The molecule has 17 heteroatoms. The lowest BCUT2D eigenvalue weighted by Crippen LogP contribution is -2.18. The fraction of sp³-hybridized carbons (Fsp3) is 0.116. The van der Waals surface area contributed by atoms with Gasteiger partial charge in [0, 0.05) is 17.4 Å². The molecule has 0 saturated carbocycles. The van der Waals surface area contributed by atoms with Crippen LogP contribution in [0.1, 0.15) is 48.5 Å². The molecule has 0 aliphatic rings.